The van der Waals surface area contributed by atoms with Crippen molar-refractivity contribution in [2.45, 2.75) is 31.4 Å². The Morgan fingerprint density at radius 1 is 1.12 bits per heavy atom. The van der Waals surface area contributed by atoms with Gasteiger partial charge in [-0.1, -0.05) is 87.2 Å². The Bertz CT molecular complexity index is 997. The first-order valence-electron chi connectivity index (χ1n) is 9.99. The van der Waals surface area contributed by atoms with Crippen molar-refractivity contribution in [1.82, 2.24) is 5.32 Å². The molecule has 2 aromatic carbocycles. The summed E-state index contributed by atoms with van der Waals surface area (Å²) in [5, 5.41) is 3.32. The van der Waals surface area contributed by atoms with E-state index >= 15 is 0 Å². The average Bonchev–Trinajstić information content (AvgIpc) is 2.71. The van der Waals surface area contributed by atoms with Crippen molar-refractivity contribution < 1.29 is 13.2 Å². The Labute approximate surface area is 214 Å². The Morgan fingerprint density at radius 2 is 1.75 bits per heavy atom. The summed E-state index contributed by atoms with van der Waals surface area (Å²) in [6, 6.07) is 7.77. The lowest BCUT2D eigenvalue weighted by Gasteiger charge is -2.23. The van der Waals surface area contributed by atoms with Gasteiger partial charge < -0.3 is 5.32 Å². The highest BCUT2D eigenvalue weighted by Crippen LogP contribution is 2.41. The van der Waals surface area contributed by atoms with Crippen LogP contribution < -0.4 is 5.32 Å². The lowest BCUT2D eigenvalue weighted by atomic mass is 9.91. The summed E-state index contributed by atoms with van der Waals surface area (Å²) in [4.78, 5) is 0.859. The van der Waals surface area contributed by atoms with E-state index in [0.717, 1.165) is 53.3 Å². The minimum Gasteiger partial charge on any atom is -0.317 e. The van der Waals surface area contributed by atoms with Crippen LogP contribution in [0, 0.1) is 5.92 Å². The lowest BCUT2D eigenvalue weighted by Crippen LogP contribution is -2.28. The Kier molecular flexibility index (Phi) is 9.09. The highest BCUT2D eigenvalue weighted by atomic mass is 79.9. The molecule has 9 heteroatoms. The van der Waals surface area contributed by atoms with Crippen LogP contribution >= 0.6 is 63.0 Å². The van der Waals surface area contributed by atoms with Crippen molar-refractivity contribution >= 4 is 73.9 Å². The zero-order valence-electron chi connectivity index (χ0n) is 16.8. The topological polar surface area (TPSA) is 12.0 Å². The van der Waals surface area contributed by atoms with Crippen LogP contribution in [0.25, 0.3) is 6.08 Å². The van der Waals surface area contributed by atoms with Gasteiger partial charge in [0, 0.05) is 14.9 Å². The van der Waals surface area contributed by atoms with Crippen molar-refractivity contribution in [2.24, 2.45) is 5.92 Å². The number of allylic oxidation sites excluding steroid dienone is 1. The molecule has 1 unspecified atom stereocenters. The second-order valence-corrected chi connectivity index (χ2v) is 10.3. The van der Waals surface area contributed by atoms with E-state index in [2.05, 4.69) is 21.2 Å². The second kappa shape index (κ2) is 11.2. The number of rotatable bonds is 6. The van der Waals surface area contributed by atoms with Crippen LogP contribution in [0.2, 0.25) is 15.1 Å². The molecule has 1 nitrogen and oxygen atoms in total. The van der Waals surface area contributed by atoms with Gasteiger partial charge in [0.05, 0.1) is 21.0 Å². The van der Waals surface area contributed by atoms with E-state index in [0.29, 0.717) is 11.5 Å². The van der Waals surface area contributed by atoms with Crippen molar-refractivity contribution in [3.8, 4) is 0 Å². The molecule has 1 heterocycles. The van der Waals surface area contributed by atoms with Gasteiger partial charge in [-0.25, -0.2) is 0 Å². The molecule has 1 N–H and O–H groups in total. The molecule has 1 atom stereocenters. The molecule has 2 aromatic rings. The molecular weight excluding hydrogens is 566 g/mol. The smallest absolute Gasteiger partial charge is 0.317 e. The number of thiocarbonyl (C=S) groups is 1. The van der Waals surface area contributed by atoms with Gasteiger partial charge in [0.2, 0.25) is 0 Å². The highest BCUT2D eigenvalue weighted by Gasteiger charge is 2.39. The van der Waals surface area contributed by atoms with E-state index in [9.17, 15) is 13.2 Å². The molecule has 0 aliphatic carbocycles. The number of hydrogen-bond acceptors (Lipinski definition) is 2. The van der Waals surface area contributed by atoms with Crippen LogP contribution in [0.15, 0.2) is 40.9 Å². The summed E-state index contributed by atoms with van der Waals surface area (Å²) < 4.78 is 42.0. The maximum atomic E-state index is 13.7. The predicted octanol–water partition coefficient (Wildman–Crippen LogP) is 8.88. The monoisotopic (exact) mass is 583 g/mol. The maximum Gasteiger partial charge on any atom is 0.399 e. The standard InChI is InChI=1S/C23H20BrCl3F3NS/c24-18-9-13(1-3-16(18)21(32)10-14-5-7-31-8-6-14)2-4-17(23(28,29)30)15-11-19(25)22(27)20(26)12-15/h1-4,9,11-12,14,17,31H,5-8,10H2/b4-2+. The minimum absolute atomic E-state index is 0.0221. The van der Waals surface area contributed by atoms with Crippen LogP contribution in [0.3, 0.4) is 0 Å². The molecule has 1 saturated heterocycles. The SMILES string of the molecule is FC(F)(F)C(/C=C/c1ccc(C(=S)CC2CCNCC2)c(Br)c1)c1cc(Cl)c(Cl)c(Cl)c1. The fourth-order valence-electron chi connectivity index (χ4n) is 3.69. The first-order valence-corrected chi connectivity index (χ1v) is 12.3. The van der Waals surface area contributed by atoms with E-state index in [1.165, 1.54) is 18.2 Å². The first kappa shape index (κ1) is 26.0. The third-order valence-corrected chi connectivity index (χ3v) is 7.66. The lowest BCUT2D eigenvalue weighted by molar-refractivity contribution is -0.139. The third kappa shape index (κ3) is 6.71. The summed E-state index contributed by atoms with van der Waals surface area (Å²) in [6.45, 7) is 2.01. The van der Waals surface area contributed by atoms with Gasteiger partial charge in [0.25, 0.3) is 0 Å². The minimum atomic E-state index is -4.52. The molecule has 1 aliphatic heterocycles. The molecule has 32 heavy (non-hydrogen) atoms. The van der Waals surface area contributed by atoms with Gasteiger partial charge >= 0.3 is 6.18 Å². The second-order valence-electron chi connectivity index (χ2n) is 7.74. The fraction of sp³-hybridized carbons (Fsp3) is 0.348. The van der Waals surface area contributed by atoms with Crippen molar-refractivity contribution in [3.63, 3.8) is 0 Å². The van der Waals surface area contributed by atoms with E-state index in [-0.39, 0.29) is 20.6 Å². The number of halogens is 7. The quantitative estimate of drug-likeness (QED) is 0.206. The summed E-state index contributed by atoms with van der Waals surface area (Å²) in [5.74, 6) is -1.32. The van der Waals surface area contributed by atoms with Gasteiger partial charge in [-0.05, 0) is 67.6 Å². The zero-order chi connectivity index (χ0) is 23.5. The van der Waals surface area contributed by atoms with Crippen molar-refractivity contribution in [1.29, 1.82) is 0 Å². The molecule has 0 aromatic heterocycles. The molecule has 0 radical (unpaired) electrons. The molecule has 0 saturated carbocycles. The molecule has 3 rings (SSSR count). The number of nitrogens with one attached hydrogen (secondary N) is 1. The third-order valence-electron chi connectivity index (χ3n) is 5.43. The Hall–Kier alpha value is -0.630. The van der Waals surface area contributed by atoms with Crippen LogP contribution in [0.5, 0.6) is 0 Å². The molecular formula is C23H20BrCl3F3NS. The largest absolute Gasteiger partial charge is 0.399 e. The summed E-state index contributed by atoms with van der Waals surface area (Å²) in [5.41, 5.74) is 1.44. The first-order chi connectivity index (χ1) is 15.1. The van der Waals surface area contributed by atoms with Crippen LogP contribution in [-0.2, 0) is 0 Å². The van der Waals surface area contributed by atoms with E-state index < -0.39 is 12.1 Å². The predicted molar refractivity (Wildman–Crippen MR) is 135 cm³/mol. The number of alkyl halides is 3. The van der Waals surface area contributed by atoms with E-state index in [4.69, 9.17) is 47.0 Å². The van der Waals surface area contributed by atoms with Gasteiger partial charge in [0.1, 0.15) is 0 Å². The molecule has 0 amide bonds. The van der Waals surface area contributed by atoms with Gasteiger partial charge in [-0.15, -0.1) is 0 Å². The van der Waals surface area contributed by atoms with E-state index in [1.807, 2.05) is 6.07 Å². The summed E-state index contributed by atoms with van der Waals surface area (Å²) >= 11 is 26.9. The van der Waals surface area contributed by atoms with Gasteiger partial charge in [0.15, 0.2) is 0 Å². The number of piperidine rings is 1. The van der Waals surface area contributed by atoms with Crippen LogP contribution in [-0.4, -0.2) is 24.1 Å². The highest BCUT2D eigenvalue weighted by molar-refractivity contribution is 9.10. The molecule has 172 valence electrons. The maximum absolute atomic E-state index is 13.7. The summed E-state index contributed by atoms with van der Waals surface area (Å²) in [6.07, 6.45) is 1.01. The van der Waals surface area contributed by atoms with Crippen LogP contribution in [0.1, 0.15) is 41.9 Å². The normalized spacial score (nSPS) is 16.5. The Morgan fingerprint density at radius 3 is 2.31 bits per heavy atom. The van der Waals surface area contributed by atoms with Crippen molar-refractivity contribution in [2.75, 3.05) is 13.1 Å². The van der Waals surface area contributed by atoms with E-state index in [1.54, 1.807) is 12.1 Å². The molecule has 1 aliphatic rings. The molecule has 1 fully saturated rings. The zero-order valence-corrected chi connectivity index (χ0v) is 21.5. The van der Waals surface area contributed by atoms with Crippen molar-refractivity contribution in [3.05, 3.63) is 72.6 Å². The Balaban J connectivity index is 1.80. The molecule has 0 spiro atoms. The number of benzene rings is 2. The fourth-order valence-corrected chi connectivity index (χ4v) is 5.48. The van der Waals surface area contributed by atoms with Gasteiger partial charge in [-0.2, -0.15) is 13.2 Å². The summed E-state index contributed by atoms with van der Waals surface area (Å²) in [7, 11) is 0. The number of hydrogen-bond donors (Lipinski definition) is 1. The molecule has 0 bridgehead atoms. The average molecular weight is 586 g/mol. The van der Waals surface area contributed by atoms with Gasteiger partial charge in [-0.3, -0.25) is 0 Å². The van der Waals surface area contributed by atoms with Crippen LogP contribution in [0.4, 0.5) is 13.2 Å².